The lowest BCUT2D eigenvalue weighted by atomic mass is 9.95. The van der Waals surface area contributed by atoms with Crippen LogP contribution in [0.1, 0.15) is 17.3 Å². The largest absolute Gasteiger partial charge is 0.338 e. The number of aromatic amines is 1. The third-order valence-electron chi connectivity index (χ3n) is 5.45. The molecule has 0 aliphatic carbocycles. The van der Waals surface area contributed by atoms with E-state index in [1.165, 1.54) is 17.2 Å². The fourth-order valence-corrected chi connectivity index (χ4v) is 3.86. The van der Waals surface area contributed by atoms with Gasteiger partial charge in [-0.25, -0.2) is 9.97 Å². The average molecular weight is 369 g/mol. The lowest BCUT2D eigenvalue weighted by Crippen LogP contribution is -2.48. The molecule has 6 heteroatoms. The maximum absolute atomic E-state index is 11.6. The van der Waals surface area contributed by atoms with Crippen molar-refractivity contribution < 1.29 is 4.79 Å². The van der Waals surface area contributed by atoms with Gasteiger partial charge in [-0.15, -0.1) is 0 Å². The second-order valence-electron chi connectivity index (χ2n) is 7.23. The summed E-state index contributed by atoms with van der Waals surface area (Å²) < 4.78 is 0. The molecule has 1 aliphatic rings. The SMILES string of the molecule is C=CC(=O)N1CC(c2ncc3cc(-c4c(C)ccc5[nH]ncc45)ccc3n2)C1. The van der Waals surface area contributed by atoms with Crippen LogP contribution < -0.4 is 0 Å². The summed E-state index contributed by atoms with van der Waals surface area (Å²) in [5, 5.41) is 9.32. The van der Waals surface area contributed by atoms with Crippen molar-refractivity contribution in [1.82, 2.24) is 25.1 Å². The number of rotatable bonds is 3. The molecule has 0 spiro atoms. The Morgan fingerprint density at radius 3 is 2.93 bits per heavy atom. The zero-order valence-corrected chi connectivity index (χ0v) is 15.5. The Balaban J connectivity index is 1.49. The summed E-state index contributed by atoms with van der Waals surface area (Å²) in [6.07, 6.45) is 5.10. The standard InChI is InChI=1S/C22H19N5O/c1-3-20(28)27-11-16(12-27)22-23-9-15-8-14(5-7-18(15)25-22)21-13(2)4-6-19-17(21)10-24-26-19/h3-10,16H,1,11-12H2,2H3,(H,24,26). The van der Waals surface area contributed by atoms with Gasteiger partial charge in [0.1, 0.15) is 5.82 Å². The molecule has 28 heavy (non-hydrogen) atoms. The number of amides is 1. The van der Waals surface area contributed by atoms with Gasteiger partial charge in [0.15, 0.2) is 0 Å². The number of fused-ring (bicyclic) bond motifs is 2. The average Bonchev–Trinajstić information content (AvgIpc) is 3.15. The third kappa shape index (κ3) is 2.57. The molecule has 1 amide bonds. The molecule has 1 N–H and O–H groups in total. The maximum Gasteiger partial charge on any atom is 0.246 e. The van der Waals surface area contributed by atoms with E-state index in [0.717, 1.165) is 33.2 Å². The molecule has 1 saturated heterocycles. The van der Waals surface area contributed by atoms with Crippen LogP contribution in [0.4, 0.5) is 0 Å². The first-order chi connectivity index (χ1) is 13.6. The lowest BCUT2D eigenvalue weighted by Gasteiger charge is -2.37. The number of likely N-dealkylation sites (tertiary alicyclic amines) is 1. The van der Waals surface area contributed by atoms with Gasteiger partial charge in [-0.05, 0) is 47.9 Å². The highest BCUT2D eigenvalue weighted by Gasteiger charge is 2.32. The minimum absolute atomic E-state index is 0.0366. The molecule has 3 heterocycles. The predicted octanol–water partition coefficient (Wildman–Crippen LogP) is 3.59. The number of carbonyl (C=O) groups excluding carboxylic acids is 1. The zero-order chi connectivity index (χ0) is 19.3. The van der Waals surface area contributed by atoms with Gasteiger partial charge in [0.05, 0.1) is 23.1 Å². The molecule has 138 valence electrons. The number of hydrogen-bond donors (Lipinski definition) is 1. The quantitative estimate of drug-likeness (QED) is 0.560. The monoisotopic (exact) mass is 369 g/mol. The van der Waals surface area contributed by atoms with Crippen LogP contribution in [0, 0.1) is 6.92 Å². The van der Waals surface area contributed by atoms with Crippen molar-refractivity contribution in [2.75, 3.05) is 13.1 Å². The van der Waals surface area contributed by atoms with Crippen molar-refractivity contribution in [1.29, 1.82) is 0 Å². The van der Waals surface area contributed by atoms with E-state index in [-0.39, 0.29) is 11.8 Å². The topological polar surface area (TPSA) is 74.8 Å². The molecule has 2 aromatic carbocycles. The first-order valence-corrected chi connectivity index (χ1v) is 9.25. The van der Waals surface area contributed by atoms with E-state index in [0.29, 0.717) is 13.1 Å². The van der Waals surface area contributed by atoms with Gasteiger partial charge >= 0.3 is 0 Å². The van der Waals surface area contributed by atoms with E-state index in [2.05, 4.69) is 52.9 Å². The van der Waals surface area contributed by atoms with Crippen molar-refractivity contribution in [2.24, 2.45) is 0 Å². The van der Waals surface area contributed by atoms with Crippen LogP contribution in [0.2, 0.25) is 0 Å². The van der Waals surface area contributed by atoms with Crippen molar-refractivity contribution in [3.63, 3.8) is 0 Å². The summed E-state index contributed by atoms with van der Waals surface area (Å²) in [6, 6.07) is 10.4. The summed E-state index contributed by atoms with van der Waals surface area (Å²) in [7, 11) is 0. The van der Waals surface area contributed by atoms with E-state index >= 15 is 0 Å². The normalized spacial score (nSPS) is 14.4. The molecule has 0 saturated carbocycles. The number of nitrogens with one attached hydrogen (secondary N) is 1. The van der Waals surface area contributed by atoms with Gasteiger partial charge in [-0.1, -0.05) is 18.7 Å². The maximum atomic E-state index is 11.6. The van der Waals surface area contributed by atoms with Crippen LogP contribution in [0.25, 0.3) is 32.9 Å². The number of hydrogen-bond acceptors (Lipinski definition) is 4. The third-order valence-corrected chi connectivity index (χ3v) is 5.45. The molecule has 0 atom stereocenters. The second kappa shape index (κ2) is 6.27. The fraction of sp³-hybridized carbons (Fsp3) is 0.182. The highest BCUT2D eigenvalue weighted by atomic mass is 16.2. The molecule has 1 aliphatic heterocycles. The minimum atomic E-state index is -0.0366. The predicted molar refractivity (Wildman–Crippen MR) is 109 cm³/mol. The van der Waals surface area contributed by atoms with E-state index in [1.807, 2.05) is 18.5 Å². The van der Waals surface area contributed by atoms with Crippen LogP contribution in [0.15, 0.2) is 55.4 Å². The van der Waals surface area contributed by atoms with Gasteiger partial charge in [-0.2, -0.15) is 5.10 Å². The Kier molecular flexibility index (Phi) is 3.72. The summed E-state index contributed by atoms with van der Waals surface area (Å²) in [6.45, 7) is 6.94. The van der Waals surface area contributed by atoms with E-state index < -0.39 is 0 Å². The van der Waals surface area contributed by atoms with E-state index in [1.54, 1.807) is 4.90 Å². The molecule has 4 aromatic rings. The molecule has 1 fully saturated rings. The summed E-state index contributed by atoms with van der Waals surface area (Å²) in [5.74, 6) is 0.946. The van der Waals surface area contributed by atoms with E-state index in [4.69, 9.17) is 4.98 Å². The van der Waals surface area contributed by atoms with Crippen molar-refractivity contribution in [2.45, 2.75) is 12.8 Å². The molecule has 5 rings (SSSR count). The number of aryl methyl sites for hydroxylation is 1. The highest BCUT2D eigenvalue weighted by Crippen LogP contribution is 2.33. The molecular weight excluding hydrogens is 350 g/mol. The van der Waals surface area contributed by atoms with Crippen LogP contribution in [0.5, 0.6) is 0 Å². The van der Waals surface area contributed by atoms with Crippen molar-refractivity contribution >= 4 is 27.7 Å². The minimum Gasteiger partial charge on any atom is -0.338 e. The van der Waals surface area contributed by atoms with Crippen LogP contribution in [-0.4, -0.2) is 44.1 Å². The second-order valence-corrected chi connectivity index (χ2v) is 7.23. The summed E-state index contributed by atoms with van der Waals surface area (Å²) in [4.78, 5) is 22.7. The van der Waals surface area contributed by atoms with Gasteiger partial charge in [0.25, 0.3) is 0 Å². The summed E-state index contributed by atoms with van der Waals surface area (Å²) >= 11 is 0. The Hall–Kier alpha value is -3.54. The number of carbonyl (C=O) groups is 1. The van der Waals surface area contributed by atoms with Crippen molar-refractivity contribution in [3.05, 3.63) is 66.8 Å². The van der Waals surface area contributed by atoms with Crippen LogP contribution in [-0.2, 0) is 4.79 Å². The first kappa shape index (κ1) is 16.6. The fourth-order valence-electron chi connectivity index (χ4n) is 3.86. The number of aromatic nitrogens is 4. The number of nitrogens with zero attached hydrogens (tertiary/aromatic N) is 4. The van der Waals surface area contributed by atoms with Gasteiger partial charge in [0, 0.05) is 30.1 Å². The highest BCUT2D eigenvalue weighted by molar-refractivity contribution is 5.98. The molecule has 6 nitrogen and oxygen atoms in total. The lowest BCUT2D eigenvalue weighted by molar-refractivity contribution is -0.130. The smallest absolute Gasteiger partial charge is 0.246 e. The van der Waals surface area contributed by atoms with Crippen LogP contribution >= 0.6 is 0 Å². The zero-order valence-electron chi connectivity index (χ0n) is 15.5. The van der Waals surface area contributed by atoms with Gasteiger partial charge < -0.3 is 4.90 Å². The first-order valence-electron chi connectivity index (χ1n) is 9.25. The molecule has 0 unspecified atom stereocenters. The number of H-pyrrole nitrogens is 1. The Bertz CT molecular complexity index is 1240. The molecule has 2 aromatic heterocycles. The molecule has 0 bridgehead atoms. The molecular formula is C22H19N5O. The van der Waals surface area contributed by atoms with E-state index in [9.17, 15) is 4.79 Å². The Labute approximate surface area is 161 Å². The Morgan fingerprint density at radius 1 is 1.25 bits per heavy atom. The number of benzene rings is 2. The van der Waals surface area contributed by atoms with Crippen molar-refractivity contribution in [3.8, 4) is 11.1 Å². The van der Waals surface area contributed by atoms with Crippen LogP contribution in [0.3, 0.4) is 0 Å². The summed E-state index contributed by atoms with van der Waals surface area (Å²) in [5.41, 5.74) is 5.44. The molecule has 0 radical (unpaired) electrons. The Morgan fingerprint density at radius 2 is 2.11 bits per heavy atom. The van der Waals surface area contributed by atoms with Gasteiger partial charge in [0.2, 0.25) is 5.91 Å². The van der Waals surface area contributed by atoms with Gasteiger partial charge in [-0.3, -0.25) is 9.89 Å².